The van der Waals surface area contributed by atoms with E-state index in [-0.39, 0.29) is 22.5 Å². The minimum atomic E-state index is -1.10. The minimum Gasteiger partial charge on any atom is -0.506 e. The number of carbonyl (C=O) groups is 1. The van der Waals surface area contributed by atoms with Crippen LogP contribution >= 0.6 is 0 Å². The maximum absolute atomic E-state index is 13.8. The van der Waals surface area contributed by atoms with Gasteiger partial charge in [-0.1, -0.05) is 36.4 Å². The van der Waals surface area contributed by atoms with Gasteiger partial charge >= 0.3 is 0 Å². The summed E-state index contributed by atoms with van der Waals surface area (Å²) in [6.07, 6.45) is -1.10. The molecule has 162 valence electrons. The summed E-state index contributed by atoms with van der Waals surface area (Å²) in [5.41, 5.74) is 1.17. The van der Waals surface area contributed by atoms with Crippen molar-refractivity contribution in [3.05, 3.63) is 101 Å². The molecule has 6 nitrogen and oxygen atoms in total. The van der Waals surface area contributed by atoms with Crippen LogP contribution in [-0.4, -0.2) is 37.7 Å². The number of nitrogens with one attached hydrogen (secondary N) is 1. The Morgan fingerprint density at radius 2 is 1.62 bits per heavy atom. The monoisotopic (exact) mass is 436 g/mol. The Balaban J connectivity index is 1.88. The van der Waals surface area contributed by atoms with Gasteiger partial charge in [-0.3, -0.25) is 4.79 Å². The molecule has 0 aliphatic heterocycles. The van der Waals surface area contributed by atoms with Crippen molar-refractivity contribution < 1.29 is 28.9 Å². The highest BCUT2D eigenvalue weighted by Crippen LogP contribution is 2.29. The van der Waals surface area contributed by atoms with Crippen LogP contribution in [0.25, 0.3) is 22.4 Å². The van der Waals surface area contributed by atoms with E-state index in [2.05, 4.69) is 9.97 Å². The highest BCUT2D eigenvalue weighted by Gasteiger charge is 2.24. The molecule has 0 saturated carbocycles. The van der Waals surface area contributed by atoms with Crippen LogP contribution in [0.4, 0.5) is 8.78 Å². The molecular weight excluding hydrogens is 418 g/mol. The van der Waals surface area contributed by atoms with Crippen molar-refractivity contribution >= 4 is 28.1 Å². The third kappa shape index (κ3) is 4.14. The Morgan fingerprint density at radius 3 is 2.25 bits per heavy atom. The molecule has 0 amide bonds. The second-order valence-electron chi connectivity index (χ2n) is 7.13. The predicted octanol–water partition coefficient (Wildman–Crippen LogP) is 4.18. The summed E-state index contributed by atoms with van der Waals surface area (Å²) >= 11 is 0. The molecule has 0 bridgehead atoms. The number of nitrogens with zero attached hydrogens (tertiary/aromatic N) is 1. The molecule has 32 heavy (non-hydrogen) atoms. The van der Waals surface area contributed by atoms with Crippen LogP contribution in [0.5, 0.6) is 0 Å². The highest BCUT2D eigenvalue weighted by molar-refractivity contribution is 6.33. The first kappa shape index (κ1) is 21.4. The van der Waals surface area contributed by atoms with Crippen molar-refractivity contribution in [2.75, 3.05) is 6.61 Å². The molecule has 1 heterocycles. The number of carbonyl (C=O) groups excluding carboxylic acids is 1. The van der Waals surface area contributed by atoms with Crippen molar-refractivity contribution in [2.24, 2.45) is 0 Å². The van der Waals surface area contributed by atoms with Crippen LogP contribution in [0.1, 0.15) is 33.4 Å². The number of ketones is 1. The number of hydrogen-bond acceptors (Lipinski definition) is 5. The number of hydrogen-bond donors (Lipinski definition) is 4. The number of para-hydroxylation sites is 2. The zero-order valence-electron chi connectivity index (χ0n) is 16.6. The quantitative estimate of drug-likeness (QED) is 0.206. The van der Waals surface area contributed by atoms with E-state index in [0.29, 0.717) is 22.7 Å². The van der Waals surface area contributed by atoms with Gasteiger partial charge in [-0.15, -0.1) is 0 Å². The first-order valence-corrected chi connectivity index (χ1v) is 9.66. The number of fused-ring (bicyclic) bond motifs is 1. The van der Waals surface area contributed by atoms with E-state index < -0.39 is 35.9 Å². The first-order chi connectivity index (χ1) is 15.4. The van der Waals surface area contributed by atoms with E-state index in [1.807, 2.05) is 0 Å². The molecular formula is C24H18F2N2O4. The molecule has 0 aliphatic rings. The molecule has 4 aromatic rings. The molecule has 0 saturated heterocycles. The summed E-state index contributed by atoms with van der Waals surface area (Å²) in [5.74, 6) is -3.10. The van der Waals surface area contributed by atoms with Gasteiger partial charge in [-0.2, -0.15) is 0 Å². The average Bonchev–Trinajstić information content (AvgIpc) is 3.21. The molecule has 4 rings (SSSR count). The van der Waals surface area contributed by atoms with E-state index in [9.17, 15) is 23.8 Å². The third-order valence-electron chi connectivity index (χ3n) is 4.96. The second-order valence-corrected chi connectivity index (χ2v) is 7.13. The number of allylic oxidation sites excluding steroid dienone is 1. The molecule has 1 atom stereocenters. The van der Waals surface area contributed by atoms with E-state index >= 15 is 0 Å². The van der Waals surface area contributed by atoms with Crippen LogP contribution in [0, 0.1) is 11.6 Å². The van der Waals surface area contributed by atoms with Gasteiger partial charge in [0, 0.05) is 17.2 Å². The Morgan fingerprint density at radius 1 is 0.969 bits per heavy atom. The topological polar surface area (TPSA) is 106 Å². The molecule has 0 radical (unpaired) electrons. The lowest BCUT2D eigenvalue weighted by Gasteiger charge is -2.11. The Kier molecular flexibility index (Phi) is 5.81. The van der Waals surface area contributed by atoms with Crippen LogP contribution in [0.3, 0.4) is 0 Å². The van der Waals surface area contributed by atoms with Crippen molar-refractivity contribution in [3.63, 3.8) is 0 Å². The number of aromatic amines is 1. The number of H-pyrrole nitrogens is 1. The fourth-order valence-electron chi connectivity index (χ4n) is 3.34. The average molecular weight is 436 g/mol. The largest absolute Gasteiger partial charge is 0.506 e. The van der Waals surface area contributed by atoms with E-state index in [1.54, 1.807) is 24.3 Å². The lowest BCUT2D eigenvalue weighted by Crippen LogP contribution is -2.09. The highest BCUT2D eigenvalue weighted by atomic mass is 19.1. The van der Waals surface area contributed by atoms with E-state index in [4.69, 9.17) is 5.11 Å². The van der Waals surface area contributed by atoms with Crippen LogP contribution in [-0.2, 0) is 0 Å². The van der Waals surface area contributed by atoms with Gasteiger partial charge < -0.3 is 20.3 Å². The smallest absolute Gasteiger partial charge is 0.200 e. The minimum absolute atomic E-state index is 0.0258. The van der Waals surface area contributed by atoms with Crippen molar-refractivity contribution in [1.82, 2.24) is 9.97 Å². The standard InChI is InChI=1S/C24H18F2N2O4/c25-16-9-15(10-17(26)11-16)23(32)21(24-27-18-3-1-2-4-19(18)28-24)22(31)14-7-5-13(6-8-14)20(30)12-29/h1-11,20,29-30,32H,12H2,(H,27,28). The number of Topliss-reactive ketones (excluding diaryl/α,β-unsaturated/α-hetero) is 1. The fourth-order valence-corrected chi connectivity index (χ4v) is 3.34. The molecule has 8 heteroatoms. The number of aliphatic hydroxyl groups excluding tert-OH is 3. The summed E-state index contributed by atoms with van der Waals surface area (Å²) < 4.78 is 27.5. The van der Waals surface area contributed by atoms with Crippen LogP contribution in [0.15, 0.2) is 66.7 Å². The van der Waals surface area contributed by atoms with Crippen LogP contribution < -0.4 is 0 Å². The first-order valence-electron chi connectivity index (χ1n) is 9.66. The van der Waals surface area contributed by atoms with Gasteiger partial charge in [-0.25, -0.2) is 13.8 Å². The predicted molar refractivity (Wildman–Crippen MR) is 115 cm³/mol. The van der Waals surface area contributed by atoms with E-state index in [1.165, 1.54) is 24.3 Å². The zero-order valence-corrected chi connectivity index (χ0v) is 16.6. The summed E-state index contributed by atoms with van der Waals surface area (Å²) in [6, 6.07) is 15.2. The van der Waals surface area contributed by atoms with Gasteiger partial charge in [0.25, 0.3) is 0 Å². The number of halogens is 2. The number of aliphatic hydroxyl groups is 3. The molecule has 0 fully saturated rings. The molecule has 1 aromatic heterocycles. The lowest BCUT2D eigenvalue weighted by atomic mass is 9.97. The van der Waals surface area contributed by atoms with Gasteiger partial charge in [0.2, 0.25) is 5.78 Å². The van der Waals surface area contributed by atoms with Gasteiger partial charge in [0.15, 0.2) is 0 Å². The second kappa shape index (κ2) is 8.70. The Labute approximate surface area is 181 Å². The summed E-state index contributed by atoms with van der Waals surface area (Å²) in [7, 11) is 0. The molecule has 1 unspecified atom stereocenters. The number of rotatable bonds is 6. The Hall–Kier alpha value is -3.88. The van der Waals surface area contributed by atoms with Gasteiger partial charge in [-0.05, 0) is 29.8 Å². The van der Waals surface area contributed by atoms with Crippen LogP contribution in [0.2, 0.25) is 0 Å². The van der Waals surface area contributed by atoms with Crippen molar-refractivity contribution in [3.8, 4) is 0 Å². The van der Waals surface area contributed by atoms with Gasteiger partial charge in [0.1, 0.15) is 34.9 Å². The third-order valence-corrected chi connectivity index (χ3v) is 4.96. The fraction of sp³-hybridized carbons (Fsp3) is 0.0833. The maximum Gasteiger partial charge on any atom is 0.200 e. The number of imidazole rings is 1. The Bertz CT molecular complexity index is 1280. The molecule has 4 N–H and O–H groups in total. The molecule has 3 aromatic carbocycles. The summed E-state index contributed by atoms with van der Waals surface area (Å²) in [5, 5.41) is 29.7. The number of benzene rings is 3. The van der Waals surface area contributed by atoms with E-state index in [0.717, 1.165) is 12.1 Å². The number of aromatic nitrogens is 2. The summed E-state index contributed by atoms with van der Waals surface area (Å²) in [4.78, 5) is 20.7. The summed E-state index contributed by atoms with van der Waals surface area (Å²) in [6.45, 7) is -0.483. The van der Waals surface area contributed by atoms with Crippen molar-refractivity contribution in [1.29, 1.82) is 0 Å². The molecule has 0 spiro atoms. The maximum atomic E-state index is 13.8. The lowest BCUT2D eigenvalue weighted by molar-refractivity contribution is 0.0955. The van der Waals surface area contributed by atoms with Crippen molar-refractivity contribution in [2.45, 2.75) is 6.10 Å². The zero-order chi connectivity index (χ0) is 22.8. The normalized spacial score (nSPS) is 13.1. The molecule has 0 aliphatic carbocycles. The SMILES string of the molecule is O=C(C(=C(O)c1cc(F)cc(F)c1)c1nc2ccccc2[nH]1)c1ccc(C(O)CO)cc1. The van der Waals surface area contributed by atoms with Gasteiger partial charge in [0.05, 0.1) is 17.6 Å².